The minimum Gasteiger partial charge on any atom is -0.508 e. The van der Waals surface area contributed by atoms with E-state index < -0.39 is 0 Å². The minimum atomic E-state index is -0.275. The fourth-order valence-electron chi connectivity index (χ4n) is 5.50. The van der Waals surface area contributed by atoms with Gasteiger partial charge in [-0.05, 0) is 103 Å². The van der Waals surface area contributed by atoms with Gasteiger partial charge in [0.25, 0.3) is 0 Å². The Balaban J connectivity index is 1.48. The lowest BCUT2D eigenvalue weighted by molar-refractivity contribution is 0.198. The third-order valence-electron chi connectivity index (χ3n) is 7.25. The molecule has 200 valence electrons. The number of ether oxygens (including phenoxy) is 2. The molecule has 1 aliphatic carbocycles. The van der Waals surface area contributed by atoms with Crippen LogP contribution in [0.5, 0.6) is 17.4 Å². The second-order valence-electron chi connectivity index (χ2n) is 9.89. The third-order valence-corrected chi connectivity index (χ3v) is 7.52. The van der Waals surface area contributed by atoms with Crippen molar-refractivity contribution >= 4 is 22.7 Å². The smallest absolute Gasteiger partial charge is 0.232 e. The van der Waals surface area contributed by atoms with E-state index in [4.69, 9.17) is 21.1 Å². The van der Waals surface area contributed by atoms with Gasteiger partial charge in [0.2, 0.25) is 5.88 Å². The van der Waals surface area contributed by atoms with Gasteiger partial charge in [-0.1, -0.05) is 29.8 Å². The molecule has 1 fully saturated rings. The lowest BCUT2D eigenvalue weighted by Gasteiger charge is -2.19. The van der Waals surface area contributed by atoms with E-state index in [0.717, 1.165) is 78.9 Å². The number of phenols is 1. The number of aromatic hydroxyl groups is 1. The highest BCUT2D eigenvalue weighted by Gasteiger charge is 2.24. The van der Waals surface area contributed by atoms with Crippen molar-refractivity contribution in [2.45, 2.75) is 45.1 Å². The van der Waals surface area contributed by atoms with Crippen molar-refractivity contribution < 1.29 is 19.0 Å². The number of nitrogens with zero attached hydrogens (tertiary/aromatic N) is 2. The van der Waals surface area contributed by atoms with Crippen molar-refractivity contribution in [3.05, 3.63) is 82.0 Å². The van der Waals surface area contributed by atoms with Crippen LogP contribution in [0.2, 0.25) is 5.02 Å². The second-order valence-corrected chi connectivity index (χ2v) is 10.3. The molecule has 2 aromatic carbocycles. The van der Waals surface area contributed by atoms with Crippen LogP contribution in [-0.4, -0.2) is 54.0 Å². The van der Waals surface area contributed by atoms with Crippen molar-refractivity contribution in [3.8, 4) is 17.4 Å². The third kappa shape index (κ3) is 5.97. The Morgan fingerprint density at radius 1 is 1.11 bits per heavy atom. The monoisotopic (exact) mass is 536 g/mol. The molecule has 0 radical (unpaired) electrons. The zero-order valence-electron chi connectivity index (χ0n) is 21.8. The second kappa shape index (κ2) is 12.2. The molecular weight excluding hydrogens is 503 g/mol. The van der Waals surface area contributed by atoms with Gasteiger partial charge in [0.15, 0.2) is 0 Å². The number of allylic oxidation sites excluding steroid dienone is 1. The molecular formula is C31H34ClFN2O3. The van der Waals surface area contributed by atoms with E-state index >= 15 is 0 Å². The average molecular weight is 537 g/mol. The summed E-state index contributed by atoms with van der Waals surface area (Å²) in [4.78, 5) is 6.76. The zero-order valence-corrected chi connectivity index (χ0v) is 22.5. The number of halogens is 2. The summed E-state index contributed by atoms with van der Waals surface area (Å²) >= 11 is 6.54. The molecule has 0 amide bonds. The van der Waals surface area contributed by atoms with Crippen LogP contribution in [0.15, 0.2) is 54.7 Å². The number of fused-ring (bicyclic) bond motifs is 1. The molecule has 1 N–H and O–H groups in total. The van der Waals surface area contributed by atoms with Crippen molar-refractivity contribution in [2.75, 3.05) is 32.9 Å². The molecule has 0 unspecified atom stereocenters. The number of aromatic nitrogens is 1. The van der Waals surface area contributed by atoms with Gasteiger partial charge in [0.1, 0.15) is 22.6 Å². The van der Waals surface area contributed by atoms with Gasteiger partial charge in [-0.15, -0.1) is 0 Å². The van der Waals surface area contributed by atoms with E-state index in [-0.39, 0.29) is 18.5 Å². The highest BCUT2D eigenvalue weighted by molar-refractivity contribution is 6.32. The molecule has 38 heavy (non-hydrogen) atoms. The Labute approximate surface area is 228 Å². The Morgan fingerprint density at radius 3 is 2.71 bits per heavy atom. The van der Waals surface area contributed by atoms with Crippen LogP contribution in [0, 0.1) is 0 Å². The lowest BCUT2D eigenvalue weighted by atomic mass is 9.88. The van der Waals surface area contributed by atoms with Gasteiger partial charge < -0.3 is 14.6 Å². The van der Waals surface area contributed by atoms with Crippen molar-refractivity contribution in [1.29, 1.82) is 0 Å². The van der Waals surface area contributed by atoms with Crippen molar-refractivity contribution in [2.24, 2.45) is 0 Å². The molecule has 1 atom stereocenters. The molecule has 1 aliphatic heterocycles. The lowest BCUT2D eigenvalue weighted by Crippen LogP contribution is -2.26. The molecule has 5 rings (SSSR count). The van der Waals surface area contributed by atoms with Gasteiger partial charge in [-0.25, -0.2) is 4.98 Å². The predicted octanol–water partition coefficient (Wildman–Crippen LogP) is 6.95. The van der Waals surface area contributed by atoms with Crippen LogP contribution < -0.4 is 9.47 Å². The van der Waals surface area contributed by atoms with Gasteiger partial charge in [0.05, 0.1) is 13.3 Å². The van der Waals surface area contributed by atoms with Gasteiger partial charge in [-0.3, -0.25) is 9.29 Å². The fourth-order valence-corrected chi connectivity index (χ4v) is 5.72. The number of hydrogen-bond donors (Lipinski definition) is 1. The summed E-state index contributed by atoms with van der Waals surface area (Å²) < 4.78 is 24.4. The van der Waals surface area contributed by atoms with Gasteiger partial charge >= 0.3 is 0 Å². The standard InChI is InChI=1S/C31H34ClFN2O3/c1-2-37-31-29(32)18-23(19-34-31)27-6-3-5-22-17-24(36)9-12-28(22)30(27)21-7-10-25(11-8-21)38-26-13-16-35(20-26)15-4-14-33/h7-12,17-19,26,36H,2-6,13-16,20H2,1H3/t26-/m0/s1. The summed E-state index contributed by atoms with van der Waals surface area (Å²) in [5.74, 6) is 1.55. The molecule has 7 heteroatoms. The molecule has 0 bridgehead atoms. The van der Waals surface area contributed by atoms with E-state index in [1.54, 1.807) is 6.07 Å². The summed E-state index contributed by atoms with van der Waals surface area (Å²) in [6.45, 7) is 4.70. The molecule has 3 aromatic rings. The summed E-state index contributed by atoms with van der Waals surface area (Å²) in [6, 6.07) is 15.8. The van der Waals surface area contributed by atoms with Crippen molar-refractivity contribution in [1.82, 2.24) is 9.88 Å². The molecule has 0 saturated carbocycles. The number of rotatable bonds is 9. The summed E-state index contributed by atoms with van der Waals surface area (Å²) in [7, 11) is 0. The molecule has 1 saturated heterocycles. The summed E-state index contributed by atoms with van der Waals surface area (Å²) in [6.07, 6.45) is 6.15. The van der Waals surface area contributed by atoms with E-state index in [1.807, 2.05) is 43.5 Å². The highest BCUT2D eigenvalue weighted by Crippen LogP contribution is 2.42. The maximum atomic E-state index is 12.5. The van der Waals surface area contributed by atoms with Gasteiger partial charge in [0, 0.05) is 25.8 Å². The quantitative estimate of drug-likeness (QED) is 0.321. The number of likely N-dealkylation sites (tertiary alicyclic amines) is 1. The van der Waals surface area contributed by atoms with Gasteiger partial charge in [-0.2, -0.15) is 0 Å². The normalized spacial score (nSPS) is 17.8. The van der Waals surface area contributed by atoms with Crippen LogP contribution in [0.3, 0.4) is 0 Å². The topological polar surface area (TPSA) is 54.8 Å². The Kier molecular flexibility index (Phi) is 8.50. The van der Waals surface area contributed by atoms with E-state index in [2.05, 4.69) is 22.0 Å². The first-order valence-electron chi connectivity index (χ1n) is 13.4. The van der Waals surface area contributed by atoms with Crippen LogP contribution in [0.1, 0.15) is 54.9 Å². The van der Waals surface area contributed by atoms with Crippen molar-refractivity contribution in [3.63, 3.8) is 0 Å². The molecule has 0 spiro atoms. The maximum absolute atomic E-state index is 12.5. The number of pyridine rings is 1. The average Bonchev–Trinajstić information content (AvgIpc) is 3.28. The summed E-state index contributed by atoms with van der Waals surface area (Å²) in [5.41, 5.74) is 6.55. The molecule has 2 heterocycles. The largest absolute Gasteiger partial charge is 0.508 e. The number of benzene rings is 2. The first-order chi connectivity index (χ1) is 18.6. The maximum Gasteiger partial charge on any atom is 0.232 e. The molecule has 2 aliphatic rings. The SMILES string of the molecule is CCOc1ncc(C2=C(c3ccc(O[C@H]4CCN(CCCF)C4)cc3)c3ccc(O)cc3CCC2)cc1Cl. The first kappa shape index (κ1) is 26.5. The Hall–Kier alpha value is -3.09. The molecule has 5 nitrogen and oxygen atoms in total. The van der Waals surface area contributed by atoms with Crippen LogP contribution in [-0.2, 0) is 6.42 Å². The van der Waals surface area contributed by atoms with Crippen LogP contribution in [0.4, 0.5) is 4.39 Å². The Morgan fingerprint density at radius 2 is 1.95 bits per heavy atom. The highest BCUT2D eigenvalue weighted by atomic mass is 35.5. The number of phenolic OH excluding ortho intramolecular Hbond substituents is 1. The van der Waals surface area contributed by atoms with Crippen LogP contribution >= 0.6 is 11.6 Å². The first-order valence-corrected chi connectivity index (χ1v) is 13.8. The zero-order chi connectivity index (χ0) is 26.5. The van der Waals surface area contributed by atoms with E-state index in [9.17, 15) is 9.50 Å². The molecule has 1 aromatic heterocycles. The summed E-state index contributed by atoms with van der Waals surface area (Å²) in [5, 5.41) is 10.7. The number of alkyl halides is 1. The fraction of sp³-hybridized carbons (Fsp3) is 0.387. The Bertz CT molecular complexity index is 1290. The number of hydrogen-bond acceptors (Lipinski definition) is 5. The number of aryl methyl sites for hydroxylation is 1. The minimum absolute atomic E-state index is 0.119. The predicted molar refractivity (Wildman–Crippen MR) is 150 cm³/mol. The van der Waals surface area contributed by atoms with Crippen LogP contribution in [0.25, 0.3) is 11.1 Å². The van der Waals surface area contributed by atoms with E-state index in [1.165, 1.54) is 5.57 Å². The van der Waals surface area contributed by atoms with E-state index in [0.29, 0.717) is 23.9 Å².